The maximum Gasteiger partial charge on any atom is 0.272 e. The molecule has 0 N–H and O–H groups in total. The Labute approximate surface area is 193 Å². The van der Waals surface area contributed by atoms with Crippen LogP contribution in [-0.4, -0.2) is 79.5 Å². The van der Waals surface area contributed by atoms with Crippen LogP contribution in [0.15, 0.2) is 36.7 Å². The molecule has 2 fully saturated rings. The highest BCUT2D eigenvalue weighted by molar-refractivity contribution is 5.92. The number of piperazine rings is 1. The molecule has 5 heterocycles. The van der Waals surface area contributed by atoms with Crippen LogP contribution in [0.1, 0.15) is 42.5 Å². The van der Waals surface area contributed by atoms with Crippen LogP contribution in [-0.2, 0) is 0 Å². The molecule has 10 heteroatoms. The van der Waals surface area contributed by atoms with Crippen LogP contribution in [0.5, 0.6) is 0 Å². The summed E-state index contributed by atoms with van der Waals surface area (Å²) in [7, 11) is 0. The quantitative estimate of drug-likeness (QED) is 0.600. The minimum Gasteiger partial charge on any atom is -0.352 e. The average molecular weight is 448 g/mol. The van der Waals surface area contributed by atoms with Crippen LogP contribution >= 0.6 is 0 Å². The second-order valence-electron chi connectivity index (χ2n) is 8.68. The summed E-state index contributed by atoms with van der Waals surface area (Å²) in [5, 5.41) is 13.2. The number of hydrogen-bond acceptors (Lipinski definition) is 8. The molecule has 0 spiro atoms. The Morgan fingerprint density at radius 2 is 1.76 bits per heavy atom. The molecule has 1 atom stereocenters. The largest absolute Gasteiger partial charge is 0.352 e. The van der Waals surface area contributed by atoms with Gasteiger partial charge in [-0.15, -0.1) is 10.2 Å². The van der Waals surface area contributed by atoms with E-state index in [9.17, 15) is 4.79 Å². The zero-order valence-electron chi connectivity index (χ0n) is 19.1. The summed E-state index contributed by atoms with van der Waals surface area (Å²) in [5.74, 6) is 2.85. The van der Waals surface area contributed by atoms with E-state index in [2.05, 4.69) is 48.1 Å². The fourth-order valence-corrected chi connectivity index (χ4v) is 4.56. The third kappa shape index (κ3) is 4.50. The lowest BCUT2D eigenvalue weighted by atomic mass is 10.0. The Kier molecular flexibility index (Phi) is 5.89. The Bertz CT molecular complexity index is 1090. The molecule has 0 unspecified atom stereocenters. The van der Waals surface area contributed by atoms with E-state index in [4.69, 9.17) is 0 Å². The molecule has 3 aromatic rings. The van der Waals surface area contributed by atoms with Gasteiger partial charge in [-0.2, -0.15) is 5.10 Å². The van der Waals surface area contributed by atoms with Crippen molar-refractivity contribution in [2.45, 2.75) is 39.2 Å². The summed E-state index contributed by atoms with van der Waals surface area (Å²) in [6.45, 7) is 7.69. The van der Waals surface area contributed by atoms with Gasteiger partial charge in [0.05, 0.1) is 0 Å². The second kappa shape index (κ2) is 9.13. The lowest BCUT2D eigenvalue weighted by Gasteiger charge is -2.36. The highest BCUT2D eigenvalue weighted by Gasteiger charge is 2.25. The lowest BCUT2D eigenvalue weighted by Crippen LogP contribution is -2.49. The molecule has 0 aliphatic carbocycles. The van der Waals surface area contributed by atoms with Gasteiger partial charge in [-0.05, 0) is 51.3 Å². The molecule has 0 aromatic carbocycles. The number of rotatable bonds is 4. The van der Waals surface area contributed by atoms with Gasteiger partial charge in [0.25, 0.3) is 5.91 Å². The molecule has 5 rings (SSSR count). The molecule has 1 amide bonds. The smallest absolute Gasteiger partial charge is 0.272 e. The average Bonchev–Trinajstić information content (AvgIpc) is 3.39. The van der Waals surface area contributed by atoms with Gasteiger partial charge >= 0.3 is 0 Å². The van der Waals surface area contributed by atoms with Crippen molar-refractivity contribution < 1.29 is 4.79 Å². The van der Waals surface area contributed by atoms with E-state index in [0.29, 0.717) is 49.6 Å². The lowest BCUT2D eigenvalue weighted by molar-refractivity contribution is 0.0740. The monoisotopic (exact) mass is 447 g/mol. The molecule has 2 aliphatic heterocycles. The van der Waals surface area contributed by atoms with Crippen molar-refractivity contribution >= 4 is 17.5 Å². The van der Waals surface area contributed by atoms with E-state index in [1.54, 1.807) is 30.1 Å². The van der Waals surface area contributed by atoms with Crippen molar-refractivity contribution in [2.75, 3.05) is 42.5 Å². The van der Waals surface area contributed by atoms with Gasteiger partial charge in [0, 0.05) is 57.2 Å². The number of amides is 1. The molecule has 172 valence electrons. The number of aromatic nitrogens is 6. The number of carbonyl (C=O) groups excluding carboxylic acids is 1. The summed E-state index contributed by atoms with van der Waals surface area (Å²) in [6.07, 6.45) is 7.17. The van der Waals surface area contributed by atoms with Crippen LogP contribution in [0.25, 0.3) is 5.82 Å². The highest BCUT2D eigenvalue weighted by atomic mass is 16.2. The summed E-state index contributed by atoms with van der Waals surface area (Å²) < 4.78 is 1.64. The number of aryl methyl sites for hydroxylation is 1. The van der Waals surface area contributed by atoms with Crippen molar-refractivity contribution in [1.82, 2.24) is 34.8 Å². The molecule has 2 aliphatic rings. The van der Waals surface area contributed by atoms with E-state index in [1.165, 1.54) is 19.3 Å². The third-order valence-corrected chi connectivity index (χ3v) is 6.41. The van der Waals surface area contributed by atoms with E-state index < -0.39 is 0 Å². The zero-order valence-corrected chi connectivity index (χ0v) is 19.1. The van der Waals surface area contributed by atoms with Crippen molar-refractivity contribution in [1.29, 1.82) is 0 Å². The van der Waals surface area contributed by atoms with Crippen molar-refractivity contribution in [2.24, 2.45) is 0 Å². The SMILES string of the molecule is Cc1nc(C(=O)N2CCN(c3ccc(N4CCCC[C@@H]4C)nn3)CC2)cc(-n2cccn2)n1. The van der Waals surface area contributed by atoms with Crippen LogP contribution in [0.3, 0.4) is 0 Å². The highest BCUT2D eigenvalue weighted by Crippen LogP contribution is 2.24. The van der Waals surface area contributed by atoms with Gasteiger partial charge in [0.1, 0.15) is 11.5 Å². The first kappa shape index (κ1) is 21.3. The first-order chi connectivity index (χ1) is 16.1. The van der Waals surface area contributed by atoms with E-state index >= 15 is 0 Å². The van der Waals surface area contributed by atoms with Crippen molar-refractivity contribution in [3.63, 3.8) is 0 Å². The normalized spacial score (nSPS) is 19.1. The summed E-state index contributed by atoms with van der Waals surface area (Å²) >= 11 is 0. The molecule has 0 bridgehead atoms. The molecular formula is C23H29N9O. The first-order valence-corrected chi connectivity index (χ1v) is 11.6. The van der Waals surface area contributed by atoms with E-state index in [-0.39, 0.29) is 5.91 Å². The van der Waals surface area contributed by atoms with Crippen LogP contribution in [0.2, 0.25) is 0 Å². The number of nitrogens with zero attached hydrogens (tertiary/aromatic N) is 9. The van der Waals surface area contributed by atoms with Gasteiger partial charge in [0.2, 0.25) is 0 Å². The molecule has 3 aromatic heterocycles. The maximum atomic E-state index is 13.1. The van der Waals surface area contributed by atoms with Crippen molar-refractivity contribution in [3.8, 4) is 5.82 Å². The van der Waals surface area contributed by atoms with Crippen molar-refractivity contribution in [3.05, 3.63) is 48.2 Å². The molecule has 0 saturated carbocycles. The second-order valence-corrected chi connectivity index (χ2v) is 8.68. The molecule has 33 heavy (non-hydrogen) atoms. The van der Waals surface area contributed by atoms with Gasteiger partial charge in [0.15, 0.2) is 17.5 Å². The number of hydrogen-bond donors (Lipinski definition) is 0. The Balaban J connectivity index is 1.23. The summed E-state index contributed by atoms with van der Waals surface area (Å²) in [4.78, 5) is 28.2. The number of anilines is 2. The van der Waals surface area contributed by atoms with E-state index in [1.807, 2.05) is 17.0 Å². The van der Waals surface area contributed by atoms with Gasteiger partial charge in [-0.1, -0.05) is 0 Å². The van der Waals surface area contributed by atoms with E-state index in [0.717, 1.165) is 18.2 Å². The minimum absolute atomic E-state index is 0.0888. The molecule has 2 saturated heterocycles. The number of carbonyl (C=O) groups is 1. The topological polar surface area (TPSA) is 96.2 Å². The minimum atomic E-state index is -0.0888. The van der Waals surface area contributed by atoms with Gasteiger partial charge in [-0.3, -0.25) is 4.79 Å². The summed E-state index contributed by atoms with van der Waals surface area (Å²) in [5.41, 5.74) is 0.390. The Hall–Kier alpha value is -3.56. The molecule has 0 radical (unpaired) electrons. The predicted molar refractivity (Wildman–Crippen MR) is 125 cm³/mol. The molecule has 10 nitrogen and oxygen atoms in total. The molecular weight excluding hydrogens is 418 g/mol. The van der Waals surface area contributed by atoms with Crippen LogP contribution in [0, 0.1) is 6.92 Å². The fraction of sp³-hybridized carbons (Fsp3) is 0.478. The van der Waals surface area contributed by atoms with Gasteiger partial charge in [-0.25, -0.2) is 14.6 Å². The van der Waals surface area contributed by atoms with Gasteiger partial charge < -0.3 is 14.7 Å². The maximum absolute atomic E-state index is 13.1. The fourth-order valence-electron chi connectivity index (χ4n) is 4.56. The standard InChI is InChI=1S/C23H29N9O/c1-17-6-3-4-10-31(17)21-8-7-20(27-28-21)29-12-14-30(15-13-29)23(33)19-16-22(26-18(2)25-19)32-11-5-9-24-32/h5,7-9,11,16-17H,3-4,6,10,12-15H2,1-2H3/t17-/m0/s1. The van der Waals surface area contributed by atoms with Crippen LogP contribution < -0.4 is 9.80 Å². The third-order valence-electron chi connectivity index (χ3n) is 6.41. The summed E-state index contributed by atoms with van der Waals surface area (Å²) in [6, 6.07) is 8.14. The first-order valence-electron chi connectivity index (χ1n) is 11.6. The Morgan fingerprint density at radius 3 is 2.45 bits per heavy atom. The Morgan fingerprint density at radius 1 is 0.970 bits per heavy atom. The van der Waals surface area contributed by atoms with Crippen LogP contribution in [0.4, 0.5) is 11.6 Å². The zero-order chi connectivity index (χ0) is 22.8. The number of piperidine rings is 1. The predicted octanol–water partition coefficient (Wildman–Crippen LogP) is 2.10.